The number of nitrogens with one attached hydrogen (secondary N) is 1. The zero-order chi connectivity index (χ0) is 65.2. The molecule has 2 aliphatic heterocycles. The fourth-order valence-electron chi connectivity index (χ4n) is 12.2. The van der Waals surface area contributed by atoms with Crippen molar-refractivity contribution in [3.05, 3.63) is 60.8 Å². The van der Waals surface area contributed by atoms with Crippen LogP contribution in [0.1, 0.15) is 322 Å². The third-order valence-electron chi connectivity index (χ3n) is 18.2. The van der Waals surface area contributed by atoms with E-state index in [-0.39, 0.29) is 18.9 Å². The molecule has 2 aliphatic rings. The Morgan fingerprint density at radius 3 is 1.17 bits per heavy atom. The lowest BCUT2D eigenvalue weighted by Crippen LogP contribution is -2.65. The van der Waals surface area contributed by atoms with E-state index in [2.05, 4.69) is 67.8 Å². The van der Waals surface area contributed by atoms with Crippen LogP contribution in [-0.4, -0.2) is 140 Å². The van der Waals surface area contributed by atoms with Crippen molar-refractivity contribution in [2.45, 2.75) is 396 Å². The summed E-state index contributed by atoms with van der Waals surface area (Å²) in [5.41, 5.74) is 0. The van der Waals surface area contributed by atoms with E-state index in [1.165, 1.54) is 244 Å². The summed E-state index contributed by atoms with van der Waals surface area (Å²) < 4.78 is 22.9. The van der Waals surface area contributed by atoms with Gasteiger partial charge in [-0.25, -0.2) is 0 Å². The Kier molecular flexibility index (Phi) is 56.2. The number of aliphatic hydroxyl groups is 8. The minimum atomic E-state index is -1.79. The van der Waals surface area contributed by atoms with Crippen LogP contribution in [0.2, 0.25) is 0 Å². The molecule has 0 aromatic heterocycles. The van der Waals surface area contributed by atoms with Crippen molar-refractivity contribution in [3.8, 4) is 0 Å². The number of carbonyl (C=O) groups excluding carboxylic acids is 1. The Hall–Kier alpha value is -2.31. The van der Waals surface area contributed by atoms with Crippen LogP contribution in [0.4, 0.5) is 0 Å². The maximum Gasteiger partial charge on any atom is 0.220 e. The number of ether oxygens (including phenoxy) is 4. The van der Waals surface area contributed by atoms with Crippen molar-refractivity contribution in [1.82, 2.24) is 5.32 Å². The number of rotatable bonds is 62. The van der Waals surface area contributed by atoms with Gasteiger partial charge in [-0.3, -0.25) is 4.79 Å². The molecule has 0 bridgehead atoms. The second-order valence-corrected chi connectivity index (χ2v) is 26.4. The monoisotopic (exact) mass is 1270 g/mol. The first-order valence-corrected chi connectivity index (χ1v) is 37.5. The summed E-state index contributed by atoms with van der Waals surface area (Å²) in [6.45, 7) is 2.81. The van der Waals surface area contributed by atoms with Crippen LogP contribution in [-0.2, 0) is 23.7 Å². The van der Waals surface area contributed by atoms with Gasteiger partial charge in [0.2, 0.25) is 5.91 Å². The predicted molar refractivity (Wildman–Crippen MR) is 369 cm³/mol. The molecule has 0 spiro atoms. The fourth-order valence-corrected chi connectivity index (χ4v) is 12.2. The molecule has 2 heterocycles. The molecular formula is C76H139NO13. The standard InChI is InChI=1S/C76H139NO13/c1-3-5-7-9-11-13-15-17-19-21-23-24-25-26-27-28-29-30-31-32-33-34-35-36-37-38-39-40-42-44-46-48-50-52-54-56-58-60-68(81)77-64(65(80)59-57-55-53-51-49-47-45-43-41-22-20-18-16-14-12-10-8-6-4-2)63-87-75-73(86)71(84)74(67(62-79)89-75)90-76-72(85)70(83)69(82)66(61-78)88-76/h15,17,21,23,25-26,49,51,57,59,64-67,69-76,78-80,82-86H,3-14,16,18-20,22,24,27-48,50,52-56,58,60-63H2,1-2H3,(H,77,81)/b17-15-,23-21-,26-25-,51-49+,59-57+. The van der Waals surface area contributed by atoms with Gasteiger partial charge < -0.3 is 65.1 Å². The third kappa shape index (κ3) is 43.6. The van der Waals surface area contributed by atoms with Crippen molar-refractivity contribution < 1.29 is 64.6 Å². The lowest BCUT2D eigenvalue weighted by Gasteiger charge is -2.46. The molecule has 12 unspecified atom stereocenters. The average molecular weight is 1270 g/mol. The highest BCUT2D eigenvalue weighted by molar-refractivity contribution is 5.76. The molecule has 0 aromatic carbocycles. The molecular weight excluding hydrogens is 1130 g/mol. The second-order valence-electron chi connectivity index (χ2n) is 26.4. The van der Waals surface area contributed by atoms with E-state index in [4.69, 9.17) is 18.9 Å². The maximum atomic E-state index is 13.3. The number of aliphatic hydroxyl groups excluding tert-OH is 8. The zero-order valence-corrected chi connectivity index (χ0v) is 57.4. The smallest absolute Gasteiger partial charge is 0.220 e. The molecule has 2 rings (SSSR count). The molecule has 0 aliphatic carbocycles. The van der Waals surface area contributed by atoms with Crippen molar-refractivity contribution in [2.75, 3.05) is 19.8 Å². The zero-order valence-electron chi connectivity index (χ0n) is 57.4. The van der Waals surface area contributed by atoms with E-state index in [9.17, 15) is 45.6 Å². The van der Waals surface area contributed by atoms with Crippen molar-refractivity contribution >= 4 is 5.91 Å². The van der Waals surface area contributed by atoms with E-state index >= 15 is 0 Å². The van der Waals surface area contributed by atoms with Gasteiger partial charge in [0.1, 0.15) is 48.8 Å². The highest BCUT2D eigenvalue weighted by atomic mass is 16.7. The number of amides is 1. The van der Waals surface area contributed by atoms with Crippen LogP contribution >= 0.6 is 0 Å². The first kappa shape index (κ1) is 83.8. The number of allylic oxidation sites excluding steroid dienone is 9. The first-order valence-electron chi connectivity index (χ1n) is 37.5. The Balaban J connectivity index is 1.60. The van der Waals surface area contributed by atoms with Crippen LogP contribution in [0.25, 0.3) is 0 Å². The molecule has 14 heteroatoms. The highest BCUT2D eigenvalue weighted by Gasteiger charge is 2.51. The van der Waals surface area contributed by atoms with Gasteiger partial charge in [0, 0.05) is 6.42 Å². The van der Waals surface area contributed by atoms with Crippen molar-refractivity contribution in [3.63, 3.8) is 0 Å². The molecule has 1 amide bonds. The van der Waals surface area contributed by atoms with Gasteiger partial charge in [0.15, 0.2) is 12.6 Å². The van der Waals surface area contributed by atoms with Crippen LogP contribution < -0.4 is 5.32 Å². The van der Waals surface area contributed by atoms with Gasteiger partial charge in [0.25, 0.3) is 0 Å². The van der Waals surface area contributed by atoms with Gasteiger partial charge in [-0.1, -0.05) is 306 Å². The normalized spacial score (nSPS) is 23.2. The third-order valence-corrected chi connectivity index (χ3v) is 18.2. The quantitative estimate of drug-likeness (QED) is 0.0204. The minimum absolute atomic E-state index is 0.244. The van der Waals surface area contributed by atoms with Gasteiger partial charge in [-0.15, -0.1) is 0 Å². The molecule has 0 saturated carbocycles. The molecule has 526 valence electrons. The Bertz CT molecular complexity index is 1740. The molecule has 2 saturated heterocycles. The number of hydrogen-bond donors (Lipinski definition) is 9. The van der Waals surface area contributed by atoms with Gasteiger partial charge in [-0.05, 0) is 70.6 Å². The molecule has 12 atom stereocenters. The summed E-state index contributed by atoms with van der Waals surface area (Å²) >= 11 is 0. The number of hydrogen-bond acceptors (Lipinski definition) is 13. The lowest BCUT2D eigenvalue weighted by atomic mass is 9.97. The molecule has 2 fully saturated rings. The number of unbranched alkanes of at least 4 members (excludes halogenated alkanes) is 41. The Morgan fingerprint density at radius 1 is 0.400 bits per heavy atom. The summed E-state index contributed by atoms with van der Waals surface area (Å²) in [7, 11) is 0. The molecule has 14 nitrogen and oxygen atoms in total. The first-order chi connectivity index (χ1) is 44.1. The Morgan fingerprint density at radius 2 is 0.744 bits per heavy atom. The van der Waals surface area contributed by atoms with Crippen LogP contribution in [0, 0.1) is 0 Å². The van der Waals surface area contributed by atoms with Crippen LogP contribution in [0.15, 0.2) is 60.8 Å². The molecule has 90 heavy (non-hydrogen) atoms. The van der Waals surface area contributed by atoms with Gasteiger partial charge >= 0.3 is 0 Å². The highest BCUT2D eigenvalue weighted by Crippen LogP contribution is 2.30. The lowest BCUT2D eigenvalue weighted by molar-refractivity contribution is -0.359. The van der Waals surface area contributed by atoms with E-state index < -0.39 is 86.8 Å². The molecule has 0 aromatic rings. The minimum Gasteiger partial charge on any atom is -0.394 e. The van der Waals surface area contributed by atoms with E-state index in [0.717, 1.165) is 44.9 Å². The summed E-state index contributed by atoms with van der Waals surface area (Å²) in [5.74, 6) is -0.244. The summed E-state index contributed by atoms with van der Waals surface area (Å²) in [6, 6.07) is -0.932. The van der Waals surface area contributed by atoms with Crippen molar-refractivity contribution in [2.24, 2.45) is 0 Å². The number of carbonyl (C=O) groups is 1. The van der Waals surface area contributed by atoms with E-state index in [1.807, 2.05) is 6.08 Å². The van der Waals surface area contributed by atoms with Crippen LogP contribution in [0.3, 0.4) is 0 Å². The maximum absolute atomic E-state index is 13.3. The average Bonchev–Trinajstić information content (AvgIpc) is 1.58. The largest absolute Gasteiger partial charge is 0.394 e. The fraction of sp³-hybridized carbons (Fsp3) is 0.855. The summed E-state index contributed by atoms with van der Waals surface area (Å²) in [6.07, 6.45) is 64.4. The topological polar surface area (TPSA) is 228 Å². The summed E-state index contributed by atoms with van der Waals surface area (Å²) in [4.78, 5) is 13.3. The Labute approximate surface area is 549 Å². The van der Waals surface area contributed by atoms with E-state index in [0.29, 0.717) is 12.8 Å². The van der Waals surface area contributed by atoms with Gasteiger partial charge in [-0.2, -0.15) is 0 Å². The van der Waals surface area contributed by atoms with Crippen LogP contribution in [0.5, 0.6) is 0 Å². The molecule has 9 N–H and O–H groups in total. The SMILES string of the molecule is CCCCCCC/C=C\C/C=C\C/C=C\CCCCCCCCCCCCCCCCCCCCCCCCC(=O)NC(COC1OC(CO)C(OC2OC(CO)C(O)C(O)C2O)C(O)C1O)C(O)/C=C/CC/C=C/CCCCCCCCCCCCCCC. The second kappa shape index (κ2) is 60.4. The van der Waals surface area contributed by atoms with E-state index in [1.54, 1.807) is 6.08 Å². The van der Waals surface area contributed by atoms with Gasteiger partial charge in [0.05, 0.1) is 32.0 Å². The summed E-state index contributed by atoms with van der Waals surface area (Å²) in [5, 5.41) is 87.4. The molecule has 0 radical (unpaired) electrons. The predicted octanol–water partition coefficient (Wildman–Crippen LogP) is 16.0. The van der Waals surface area contributed by atoms with Crippen molar-refractivity contribution in [1.29, 1.82) is 0 Å².